The Labute approximate surface area is 140 Å². The number of benzene rings is 2. The summed E-state index contributed by atoms with van der Waals surface area (Å²) < 4.78 is 52.4. The summed E-state index contributed by atoms with van der Waals surface area (Å²) in [6, 6.07) is 12.5. The average Bonchev–Trinajstić information content (AvgIpc) is 2.47. The summed E-state index contributed by atoms with van der Waals surface area (Å²) in [6.07, 6.45) is 0. The predicted octanol–water partition coefficient (Wildman–Crippen LogP) is 2.12. The summed E-state index contributed by atoms with van der Waals surface area (Å²) in [5.74, 6) is 0. The van der Waals surface area contributed by atoms with E-state index in [-0.39, 0.29) is 9.79 Å². The third-order valence-electron chi connectivity index (χ3n) is 2.97. The average molecular weight is 372 g/mol. The first-order valence-corrected chi connectivity index (χ1v) is 10.3. The molecule has 0 radical (unpaired) electrons. The van der Waals surface area contributed by atoms with Gasteiger partial charge in [0.1, 0.15) is 0 Å². The molecule has 0 aliphatic carbocycles. The smallest absolute Gasteiger partial charge is 0.206 e. The van der Waals surface area contributed by atoms with Crippen LogP contribution >= 0.6 is 12.1 Å². The molecule has 0 aliphatic heterocycles. The minimum atomic E-state index is -3.80. The quantitative estimate of drug-likeness (QED) is 0.758. The van der Waals surface area contributed by atoms with Crippen LogP contribution in [-0.4, -0.2) is 16.8 Å². The van der Waals surface area contributed by atoms with E-state index in [1.807, 2.05) is 13.8 Å². The van der Waals surface area contributed by atoms with Gasteiger partial charge in [0.05, 0.1) is 9.79 Å². The molecule has 0 atom stereocenters. The lowest BCUT2D eigenvalue weighted by Gasteiger charge is -2.08. The maximum Gasteiger partial charge on any atom is 0.250 e. The SMILES string of the molecule is Cc1ccc(S(=O)(=O)NSNS(=O)(=O)c2ccc(C)cc2)cc1. The van der Waals surface area contributed by atoms with Gasteiger partial charge >= 0.3 is 0 Å². The Bertz CT molecular complexity index is 799. The Morgan fingerprint density at radius 1 is 0.652 bits per heavy atom. The van der Waals surface area contributed by atoms with Gasteiger partial charge in [0, 0.05) is 12.1 Å². The minimum absolute atomic E-state index is 0.0603. The van der Waals surface area contributed by atoms with Gasteiger partial charge in [-0.15, -0.1) is 8.25 Å². The molecular weight excluding hydrogens is 356 g/mol. The highest BCUT2D eigenvalue weighted by molar-refractivity contribution is 8.14. The van der Waals surface area contributed by atoms with Crippen molar-refractivity contribution in [3.63, 3.8) is 0 Å². The third-order valence-corrected chi connectivity index (χ3v) is 7.17. The molecule has 0 fully saturated rings. The second kappa shape index (κ2) is 7.02. The largest absolute Gasteiger partial charge is 0.250 e. The second-order valence-corrected chi connectivity index (χ2v) is 9.40. The van der Waals surface area contributed by atoms with Crippen molar-refractivity contribution in [1.82, 2.24) is 8.25 Å². The maximum atomic E-state index is 12.0. The standard InChI is InChI=1S/C14H16N2O4S3/c1-11-3-7-13(8-4-11)22(17,18)15-21-16-23(19,20)14-9-5-12(2)6-10-14/h3-10,15-16H,1-2H3. The normalized spacial score (nSPS) is 12.3. The Kier molecular flexibility index (Phi) is 5.48. The van der Waals surface area contributed by atoms with E-state index in [9.17, 15) is 16.8 Å². The van der Waals surface area contributed by atoms with E-state index in [1.54, 1.807) is 24.3 Å². The molecule has 0 spiro atoms. The fourth-order valence-corrected chi connectivity index (χ4v) is 4.74. The van der Waals surface area contributed by atoms with Gasteiger partial charge in [0.2, 0.25) is 0 Å². The summed E-state index contributed by atoms with van der Waals surface area (Å²) in [5, 5.41) is 0. The second-order valence-electron chi connectivity index (χ2n) is 4.90. The first-order chi connectivity index (χ1) is 10.7. The number of aryl methyl sites for hydroxylation is 2. The molecule has 0 bridgehead atoms. The first kappa shape index (κ1) is 18.0. The summed E-state index contributed by atoms with van der Waals surface area (Å²) in [7, 11) is -7.60. The van der Waals surface area contributed by atoms with E-state index < -0.39 is 20.0 Å². The highest BCUT2D eigenvalue weighted by Gasteiger charge is 2.18. The van der Waals surface area contributed by atoms with Crippen LogP contribution in [0.15, 0.2) is 58.3 Å². The van der Waals surface area contributed by atoms with E-state index in [4.69, 9.17) is 0 Å². The fourth-order valence-electron chi connectivity index (χ4n) is 1.66. The number of hydrogen-bond acceptors (Lipinski definition) is 5. The fraction of sp³-hybridized carbons (Fsp3) is 0.143. The molecule has 0 amide bonds. The van der Waals surface area contributed by atoms with Crippen LogP contribution in [0.2, 0.25) is 0 Å². The van der Waals surface area contributed by atoms with Gasteiger partial charge in [0.25, 0.3) is 20.0 Å². The molecule has 2 aromatic carbocycles. The van der Waals surface area contributed by atoms with E-state index in [0.717, 1.165) is 11.1 Å². The molecule has 124 valence electrons. The molecule has 0 aliphatic rings. The zero-order chi connectivity index (χ0) is 17.1. The monoisotopic (exact) mass is 372 g/mol. The Hall–Kier alpha value is -1.39. The van der Waals surface area contributed by atoms with Crippen LogP contribution < -0.4 is 8.25 Å². The molecule has 6 nitrogen and oxygen atoms in total. The Morgan fingerprint density at radius 3 is 1.26 bits per heavy atom. The van der Waals surface area contributed by atoms with Crippen LogP contribution in [-0.2, 0) is 20.0 Å². The van der Waals surface area contributed by atoms with Gasteiger partial charge < -0.3 is 0 Å². The van der Waals surface area contributed by atoms with E-state index in [0.29, 0.717) is 12.1 Å². The van der Waals surface area contributed by atoms with Gasteiger partial charge in [0.15, 0.2) is 0 Å². The predicted molar refractivity (Wildman–Crippen MR) is 90.6 cm³/mol. The van der Waals surface area contributed by atoms with Crippen LogP contribution in [0.4, 0.5) is 0 Å². The highest BCUT2D eigenvalue weighted by atomic mass is 32.3. The Balaban J connectivity index is 2.03. The van der Waals surface area contributed by atoms with Gasteiger partial charge in [-0.05, 0) is 38.1 Å². The molecule has 9 heteroatoms. The van der Waals surface area contributed by atoms with Crippen molar-refractivity contribution >= 4 is 32.2 Å². The topological polar surface area (TPSA) is 92.3 Å². The summed E-state index contributed by atoms with van der Waals surface area (Å²) in [5.41, 5.74) is 1.85. The zero-order valence-electron chi connectivity index (χ0n) is 12.5. The zero-order valence-corrected chi connectivity index (χ0v) is 14.9. The van der Waals surface area contributed by atoms with Gasteiger partial charge in [-0.2, -0.15) is 0 Å². The van der Waals surface area contributed by atoms with Gasteiger partial charge in [-0.1, -0.05) is 35.4 Å². The molecule has 2 rings (SSSR count). The number of hydrogen-bond donors (Lipinski definition) is 2. The van der Waals surface area contributed by atoms with Crippen LogP contribution in [0.1, 0.15) is 11.1 Å². The van der Waals surface area contributed by atoms with Gasteiger partial charge in [-0.25, -0.2) is 16.8 Å². The molecule has 0 saturated carbocycles. The summed E-state index contributed by atoms with van der Waals surface area (Å²) >= 11 is 0.389. The lowest BCUT2D eigenvalue weighted by atomic mass is 10.2. The van der Waals surface area contributed by atoms with Crippen LogP contribution in [0, 0.1) is 13.8 Å². The van der Waals surface area contributed by atoms with Crippen LogP contribution in [0.3, 0.4) is 0 Å². The molecule has 0 unspecified atom stereocenters. The molecular formula is C14H16N2O4S3. The van der Waals surface area contributed by atoms with Crippen LogP contribution in [0.5, 0.6) is 0 Å². The highest BCUT2D eigenvalue weighted by Crippen LogP contribution is 2.14. The molecule has 2 N–H and O–H groups in total. The molecule has 0 heterocycles. The van der Waals surface area contributed by atoms with Crippen LogP contribution in [0.25, 0.3) is 0 Å². The summed E-state index contributed by atoms with van der Waals surface area (Å²) in [4.78, 5) is 0.121. The molecule has 23 heavy (non-hydrogen) atoms. The minimum Gasteiger partial charge on any atom is -0.206 e. The number of sulfonamides is 2. The number of nitrogens with one attached hydrogen (secondary N) is 2. The Morgan fingerprint density at radius 2 is 0.957 bits per heavy atom. The molecule has 0 aromatic heterocycles. The lowest BCUT2D eigenvalue weighted by Crippen LogP contribution is -2.25. The van der Waals surface area contributed by atoms with Crippen molar-refractivity contribution in [2.45, 2.75) is 23.6 Å². The van der Waals surface area contributed by atoms with Crippen molar-refractivity contribution in [1.29, 1.82) is 0 Å². The lowest BCUT2D eigenvalue weighted by molar-refractivity contribution is 0.594. The van der Waals surface area contributed by atoms with Crippen molar-refractivity contribution in [2.24, 2.45) is 0 Å². The first-order valence-electron chi connectivity index (χ1n) is 6.53. The van der Waals surface area contributed by atoms with E-state index >= 15 is 0 Å². The van der Waals surface area contributed by atoms with Crippen molar-refractivity contribution in [3.05, 3.63) is 59.7 Å². The van der Waals surface area contributed by atoms with Crippen molar-refractivity contribution in [2.75, 3.05) is 0 Å². The molecule has 0 saturated heterocycles. The van der Waals surface area contributed by atoms with Gasteiger partial charge in [-0.3, -0.25) is 0 Å². The van der Waals surface area contributed by atoms with Crippen molar-refractivity contribution < 1.29 is 16.8 Å². The summed E-state index contributed by atoms with van der Waals surface area (Å²) in [6.45, 7) is 3.68. The van der Waals surface area contributed by atoms with E-state index in [2.05, 4.69) is 8.25 Å². The third kappa shape index (κ3) is 4.79. The maximum absolute atomic E-state index is 12.0. The van der Waals surface area contributed by atoms with Crippen molar-refractivity contribution in [3.8, 4) is 0 Å². The molecule has 2 aromatic rings. The number of rotatable bonds is 6. The van der Waals surface area contributed by atoms with E-state index in [1.165, 1.54) is 24.3 Å².